The lowest BCUT2D eigenvalue weighted by Gasteiger charge is -2.08. The minimum absolute atomic E-state index is 0.134. The Labute approximate surface area is 142 Å². The summed E-state index contributed by atoms with van der Waals surface area (Å²) in [4.78, 5) is 20.1. The first-order valence-electron chi connectivity index (χ1n) is 7.09. The van der Waals surface area contributed by atoms with Gasteiger partial charge in [0.25, 0.3) is 0 Å². The smallest absolute Gasteiger partial charge is 0.303 e. The van der Waals surface area contributed by atoms with Crippen molar-refractivity contribution in [1.82, 2.24) is 9.97 Å². The highest BCUT2D eigenvalue weighted by Gasteiger charge is 2.13. The van der Waals surface area contributed by atoms with Crippen LogP contribution in [0.1, 0.15) is 12.8 Å². The minimum atomic E-state index is -0.794. The lowest BCUT2D eigenvalue weighted by Crippen LogP contribution is -2.06. The number of nitrogens with zero attached hydrogens (tertiary/aromatic N) is 2. The quantitative estimate of drug-likeness (QED) is 0.650. The van der Waals surface area contributed by atoms with Gasteiger partial charge < -0.3 is 10.4 Å². The summed E-state index contributed by atoms with van der Waals surface area (Å²) in [5.41, 5.74) is 2.09. The van der Waals surface area contributed by atoms with Crippen molar-refractivity contribution < 1.29 is 9.90 Å². The molecule has 3 aromatic rings. The molecular formula is C16H14ClN3O2S. The summed E-state index contributed by atoms with van der Waals surface area (Å²) in [6.07, 6.45) is 2.19. The van der Waals surface area contributed by atoms with E-state index in [1.165, 1.54) is 6.33 Å². The highest BCUT2D eigenvalue weighted by Crippen LogP contribution is 2.36. The Balaban J connectivity index is 1.91. The van der Waals surface area contributed by atoms with E-state index in [4.69, 9.17) is 16.7 Å². The van der Waals surface area contributed by atoms with Gasteiger partial charge in [-0.3, -0.25) is 4.79 Å². The molecule has 2 heterocycles. The number of thiophene rings is 1. The summed E-state index contributed by atoms with van der Waals surface area (Å²) < 4.78 is 0. The predicted octanol–water partition coefficient (Wildman–Crippen LogP) is 4.29. The van der Waals surface area contributed by atoms with E-state index in [-0.39, 0.29) is 6.42 Å². The van der Waals surface area contributed by atoms with Crippen LogP contribution < -0.4 is 5.32 Å². The van der Waals surface area contributed by atoms with Crippen molar-refractivity contribution in [2.45, 2.75) is 12.8 Å². The van der Waals surface area contributed by atoms with Crippen molar-refractivity contribution >= 4 is 44.9 Å². The number of hydrogen-bond acceptors (Lipinski definition) is 5. The first-order valence-corrected chi connectivity index (χ1v) is 8.34. The van der Waals surface area contributed by atoms with Crippen LogP contribution in [-0.2, 0) is 4.79 Å². The number of hydrogen-bond donors (Lipinski definition) is 2. The topological polar surface area (TPSA) is 75.1 Å². The number of rotatable bonds is 6. The van der Waals surface area contributed by atoms with Crippen LogP contribution in [0, 0.1) is 0 Å². The second-order valence-corrected chi connectivity index (χ2v) is 6.28. The molecule has 0 bridgehead atoms. The zero-order chi connectivity index (χ0) is 16.2. The molecule has 118 valence electrons. The van der Waals surface area contributed by atoms with Gasteiger partial charge in [-0.05, 0) is 24.1 Å². The Kier molecular flexibility index (Phi) is 4.73. The molecule has 2 N–H and O–H groups in total. The van der Waals surface area contributed by atoms with Crippen LogP contribution in [0.25, 0.3) is 21.3 Å². The number of aliphatic carboxylic acids is 1. The molecule has 0 saturated heterocycles. The number of anilines is 1. The van der Waals surface area contributed by atoms with Gasteiger partial charge >= 0.3 is 5.97 Å². The first-order chi connectivity index (χ1) is 11.1. The van der Waals surface area contributed by atoms with Crippen molar-refractivity contribution in [3.8, 4) is 11.1 Å². The molecule has 2 aromatic heterocycles. The van der Waals surface area contributed by atoms with Gasteiger partial charge in [0.15, 0.2) is 0 Å². The van der Waals surface area contributed by atoms with E-state index in [2.05, 4.69) is 15.3 Å². The maximum Gasteiger partial charge on any atom is 0.303 e. The van der Waals surface area contributed by atoms with Crippen molar-refractivity contribution in [1.29, 1.82) is 0 Å². The fourth-order valence-corrected chi connectivity index (χ4v) is 3.34. The Morgan fingerprint density at radius 3 is 2.78 bits per heavy atom. The fraction of sp³-hybridized carbons (Fsp3) is 0.188. The van der Waals surface area contributed by atoms with Crippen LogP contribution in [0.5, 0.6) is 0 Å². The van der Waals surface area contributed by atoms with Crippen LogP contribution in [0.2, 0.25) is 5.02 Å². The molecule has 3 rings (SSSR count). The monoisotopic (exact) mass is 347 g/mol. The van der Waals surface area contributed by atoms with Crippen molar-refractivity contribution in [2.24, 2.45) is 0 Å². The number of fused-ring (bicyclic) bond motifs is 1. The molecule has 0 saturated carbocycles. The number of carboxylic acids is 1. The average Bonchev–Trinajstić information content (AvgIpc) is 2.97. The fourth-order valence-electron chi connectivity index (χ4n) is 2.30. The molecule has 0 aliphatic rings. The third-order valence-corrected chi connectivity index (χ3v) is 4.52. The van der Waals surface area contributed by atoms with Crippen molar-refractivity contribution in [3.05, 3.63) is 41.0 Å². The number of aromatic nitrogens is 2. The van der Waals surface area contributed by atoms with Crippen molar-refractivity contribution in [2.75, 3.05) is 11.9 Å². The molecule has 0 spiro atoms. The molecule has 0 atom stereocenters. The first kappa shape index (κ1) is 15.7. The Morgan fingerprint density at radius 2 is 2.04 bits per heavy atom. The summed E-state index contributed by atoms with van der Waals surface area (Å²) in [6, 6.07) is 7.63. The highest BCUT2D eigenvalue weighted by molar-refractivity contribution is 7.17. The van der Waals surface area contributed by atoms with Crippen LogP contribution in [-0.4, -0.2) is 27.6 Å². The van der Waals surface area contributed by atoms with Gasteiger partial charge in [0.2, 0.25) is 0 Å². The number of carbonyl (C=O) groups is 1. The van der Waals surface area contributed by atoms with E-state index in [0.717, 1.165) is 27.2 Å². The molecule has 1 aromatic carbocycles. The average molecular weight is 348 g/mol. The van der Waals surface area contributed by atoms with Gasteiger partial charge in [-0.1, -0.05) is 23.7 Å². The van der Waals surface area contributed by atoms with E-state index >= 15 is 0 Å². The molecule has 0 amide bonds. The summed E-state index contributed by atoms with van der Waals surface area (Å²) in [5, 5.41) is 15.6. The van der Waals surface area contributed by atoms with Gasteiger partial charge in [0, 0.05) is 28.9 Å². The summed E-state index contributed by atoms with van der Waals surface area (Å²) in [6.45, 7) is 0.550. The van der Waals surface area contributed by atoms with Crippen LogP contribution in [0.3, 0.4) is 0 Å². The van der Waals surface area contributed by atoms with Gasteiger partial charge in [0.05, 0.1) is 5.39 Å². The Morgan fingerprint density at radius 1 is 1.26 bits per heavy atom. The maximum atomic E-state index is 10.6. The number of nitrogens with one attached hydrogen (secondary N) is 1. The molecule has 5 nitrogen and oxygen atoms in total. The summed E-state index contributed by atoms with van der Waals surface area (Å²) >= 11 is 7.50. The number of benzene rings is 1. The number of halogens is 1. The number of carboxylic acid groups (broad SMARTS) is 1. The SMILES string of the molecule is O=C(O)CCCNc1ncnc2scc(-c3ccc(Cl)cc3)c12. The zero-order valence-corrected chi connectivity index (χ0v) is 13.7. The maximum absolute atomic E-state index is 10.6. The molecule has 23 heavy (non-hydrogen) atoms. The normalized spacial score (nSPS) is 10.8. The van der Waals surface area contributed by atoms with E-state index in [0.29, 0.717) is 18.0 Å². The molecule has 7 heteroatoms. The molecule has 0 aliphatic heterocycles. The minimum Gasteiger partial charge on any atom is -0.481 e. The molecule has 0 aliphatic carbocycles. The summed E-state index contributed by atoms with van der Waals surface area (Å²) in [5.74, 6) is -0.0661. The molecule has 0 radical (unpaired) electrons. The van der Waals surface area contributed by atoms with E-state index < -0.39 is 5.97 Å². The predicted molar refractivity (Wildman–Crippen MR) is 93.2 cm³/mol. The highest BCUT2D eigenvalue weighted by atomic mass is 35.5. The summed E-state index contributed by atoms with van der Waals surface area (Å²) in [7, 11) is 0. The Bertz CT molecular complexity index is 833. The van der Waals surface area contributed by atoms with Gasteiger partial charge in [0.1, 0.15) is 17.0 Å². The van der Waals surface area contributed by atoms with Gasteiger partial charge in [-0.2, -0.15) is 0 Å². The van der Waals surface area contributed by atoms with E-state index in [1.54, 1.807) is 11.3 Å². The standard InChI is InChI=1S/C16H14ClN3O2S/c17-11-5-3-10(4-6-11)12-8-23-16-14(12)15(19-9-20-16)18-7-1-2-13(21)22/h3-6,8-9H,1-2,7H2,(H,21,22)(H,18,19,20). The van der Waals surface area contributed by atoms with Crippen LogP contribution in [0.15, 0.2) is 36.0 Å². The molecule has 0 unspecified atom stereocenters. The zero-order valence-electron chi connectivity index (χ0n) is 12.1. The van der Waals surface area contributed by atoms with Crippen molar-refractivity contribution in [3.63, 3.8) is 0 Å². The van der Waals surface area contributed by atoms with Crippen LogP contribution in [0.4, 0.5) is 5.82 Å². The second kappa shape index (κ2) is 6.93. The van der Waals surface area contributed by atoms with Gasteiger partial charge in [-0.15, -0.1) is 11.3 Å². The van der Waals surface area contributed by atoms with Crippen LogP contribution >= 0.6 is 22.9 Å². The van der Waals surface area contributed by atoms with E-state index in [9.17, 15) is 4.79 Å². The largest absolute Gasteiger partial charge is 0.481 e. The third-order valence-electron chi connectivity index (χ3n) is 3.39. The van der Waals surface area contributed by atoms with Gasteiger partial charge in [-0.25, -0.2) is 9.97 Å². The lowest BCUT2D eigenvalue weighted by atomic mass is 10.1. The third kappa shape index (κ3) is 3.60. The van der Waals surface area contributed by atoms with E-state index in [1.807, 2.05) is 29.6 Å². The lowest BCUT2D eigenvalue weighted by molar-refractivity contribution is -0.137. The molecular weight excluding hydrogens is 334 g/mol. The molecule has 0 fully saturated rings. The Hall–Kier alpha value is -2.18. The second-order valence-electron chi connectivity index (χ2n) is 4.98.